The van der Waals surface area contributed by atoms with Gasteiger partial charge in [0, 0.05) is 6.54 Å². The molecule has 0 spiro atoms. The van der Waals surface area contributed by atoms with Gasteiger partial charge in [0.05, 0.1) is 17.9 Å². The van der Waals surface area contributed by atoms with Gasteiger partial charge in [-0.05, 0) is 36.6 Å². The minimum atomic E-state index is -0.410. The van der Waals surface area contributed by atoms with Crippen LogP contribution in [0.2, 0.25) is 0 Å². The smallest absolute Gasteiger partial charge is 0.238 e. The van der Waals surface area contributed by atoms with Crippen molar-refractivity contribution < 1.29 is 9.18 Å². The van der Waals surface area contributed by atoms with Gasteiger partial charge < -0.3 is 11.1 Å². The third-order valence-electron chi connectivity index (χ3n) is 3.41. The Hall–Kier alpha value is -1.62. The van der Waals surface area contributed by atoms with E-state index < -0.39 is 5.82 Å². The third kappa shape index (κ3) is 3.67. The molecular weight excluding hydrogens is 245 g/mol. The molecule has 4 nitrogen and oxygen atoms in total. The molecule has 2 rings (SSSR count). The highest BCUT2D eigenvalue weighted by molar-refractivity contribution is 5.95. The highest BCUT2D eigenvalue weighted by atomic mass is 19.1. The van der Waals surface area contributed by atoms with Gasteiger partial charge in [0.1, 0.15) is 5.82 Å². The monoisotopic (exact) mass is 265 g/mol. The van der Waals surface area contributed by atoms with Gasteiger partial charge in [-0.1, -0.05) is 13.8 Å². The molecule has 5 heteroatoms. The molecule has 1 fully saturated rings. The van der Waals surface area contributed by atoms with Crippen molar-refractivity contribution in [3.8, 4) is 0 Å². The first-order valence-electron chi connectivity index (χ1n) is 6.43. The van der Waals surface area contributed by atoms with Crippen LogP contribution in [0, 0.1) is 11.2 Å². The van der Waals surface area contributed by atoms with Crippen molar-refractivity contribution in [2.24, 2.45) is 5.41 Å². The van der Waals surface area contributed by atoms with E-state index in [1.165, 1.54) is 18.2 Å². The maximum atomic E-state index is 13.1. The zero-order valence-corrected chi connectivity index (χ0v) is 11.4. The van der Waals surface area contributed by atoms with E-state index in [1.54, 1.807) is 0 Å². The highest BCUT2D eigenvalue weighted by Gasteiger charge is 2.30. The fraction of sp³-hybridized carbons (Fsp3) is 0.500. The number of amides is 1. The Balaban J connectivity index is 1.93. The number of hydrogen-bond donors (Lipinski definition) is 2. The quantitative estimate of drug-likeness (QED) is 0.823. The van der Waals surface area contributed by atoms with Crippen molar-refractivity contribution in [3.05, 3.63) is 24.0 Å². The van der Waals surface area contributed by atoms with Crippen LogP contribution in [0.4, 0.5) is 15.8 Å². The van der Waals surface area contributed by atoms with Crippen LogP contribution in [0.3, 0.4) is 0 Å². The van der Waals surface area contributed by atoms with Crippen LogP contribution in [0.5, 0.6) is 0 Å². The van der Waals surface area contributed by atoms with E-state index >= 15 is 0 Å². The summed E-state index contributed by atoms with van der Waals surface area (Å²) in [7, 11) is 0. The number of nitrogen functional groups attached to an aromatic ring is 1. The van der Waals surface area contributed by atoms with Gasteiger partial charge >= 0.3 is 0 Å². The summed E-state index contributed by atoms with van der Waals surface area (Å²) in [4.78, 5) is 14.0. The lowest BCUT2D eigenvalue weighted by atomic mass is 9.93. The second kappa shape index (κ2) is 5.17. The van der Waals surface area contributed by atoms with Gasteiger partial charge in [-0.25, -0.2) is 4.39 Å². The Morgan fingerprint density at radius 2 is 2.26 bits per heavy atom. The van der Waals surface area contributed by atoms with E-state index in [0.717, 1.165) is 19.5 Å². The molecule has 1 aromatic rings. The molecule has 0 radical (unpaired) electrons. The minimum absolute atomic E-state index is 0.157. The van der Waals surface area contributed by atoms with Crippen molar-refractivity contribution in [1.82, 2.24) is 4.90 Å². The molecule has 0 saturated carbocycles. The topological polar surface area (TPSA) is 58.4 Å². The second-order valence-corrected chi connectivity index (χ2v) is 5.90. The molecule has 0 bridgehead atoms. The fourth-order valence-electron chi connectivity index (χ4n) is 2.39. The molecule has 0 unspecified atom stereocenters. The lowest BCUT2D eigenvalue weighted by Gasteiger charge is -2.19. The number of carbonyl (C=O) groups excluding carboxylic acids is 1. The summed E-state index contributed by atoms with van der Waals surface area (Å²) in [6, 6.07) is 3.96. The minimum Gasteiger partial charge on any atom is -0.397 e. The normalized spacial score (nSPS) is 18.5. The molecular formula is C14H20FN3O. The molecule has 19 heavy (non-hydrogen) atoms. The number of rotatable bonds is 3. The van der Waals surface area contributed by atoms with Gasteiger partial charge in [0.25, 0.3) is 0 Å². The number of nitrogens with one attached hydrogen (secondary N) is 1. The van der Waals surface area contributed by atoms with Gasteiger partial charge in [-0.2, -0.15) is 0 Å². The average molecular weight is 265 g/mol. The number of benzene rings is 1. The van der Waals surface area contributed by atoms with Crippen molar-refractivity contribution in [2.75, 3.05) is 30.7 Å². The molecule has 1 saturated heterocycles. The zero-order valence-electron chi connectivity index (χ0n) is 11.4. The first-order chi connectivity index (χ1) is 8.85. The molecule has 0 aliphatic carbocycles. The van der Waals surface area contributed by atoms with Crippen molar-refractivity contribution >= 4 is 17.3 Å². The molecule has 0 atom stereocenters. The maximum absolute atomic E-state index is 13.1. The third-order valence-corrected chi connectivity index (χ3v) is 3.41. The number of likely N-dealkylation sites (tertiary alicyclic amines) is 1. The Bertz CT molecular complexity index is 488. The van der Waals surface area contributed by atoms with E-state index in [4.69, 9.17) is 5.73 Å². The van der Waals surface area contributed by atoms with Crippen LogP contribution in [-0.4, -0.2) is 30.4 Å². The van der Waals surface area contributed by atoms with E-state index in [0.29, 0.717) is 17.9 Å². The fourth-order valence-corrected chi connectivity index (χ4v) is 2.39. The van der Waals surface area contributed by atoms with E-state index in [-0.39, 0.29) is 11.3 Å². The van der Waals surface area contributed by atoms with Crippen molar-refractivity contribution in [1.29, 1.82) is 0 Å². The maximum Gasteiger partial charge on any atom is 0.238 e. The zero-order chi connectivity index (χ0) is 14.0. The summed E-state index contributed by atoms with van der Waals surface area (Å²) in [6.45, 7) is 6.52. The van der Waals surface area contributed by atoms with Gasteiger partial charge in [-0.15, -0.1) is 0 Å². The largest absolute Gasteiger partial charge is 0.397 e. The predicted molar refractivity (Wildman–Crippen MR) is 74.3 cm³/mol. The van der Waals surface area contributed by atoms with Crippen LogP contribution in [0.1, 0.15) is 20.3 Å². The SMILES string of the molecule is CC1(C)CCN(CC(=O)Nc2cc(F)ccc2N)C1. The summed E-state index contributed by atoms with van der Waals surface area (Å²) in [5, 5.41) is 2.66. The lowest BCUT2D eigenvalue weighted by Crippen LogP contribution is -2.32. The summed E-state index contributed by atoms with van der Waals surface area (Å²) in [6.07, 6.45) is 1.09. The Labute approximate surface area is 112 Å². The van der Waals surface area contributed by atoms with Crippen LogP contribution >= 0.6 is 0 Å². The van der Waals surface area contributed by atoms with Crippen molar-refractivity contribution in [2.45, 2.75) is 20.3 Å². The first kappa shape index (κ1) is 13.8. The van der Waals surface area contributed by atoms with Crippen molar-refractivity contribution in [3.63, 3.8) is 0 Å². The van der Waals surface area contributed by atoms with Crippen LogP contribution in [0.15, 0.2) is 18.2 Å². The summed E-state index contributed by atoms with van der Waals surface area (Å²) in [5.41, 5.74) is 6.66. The molecule has 1 aliphatic heterocycles. The van der Waals surface area contributed by atoms with Crippen LogP contribution in [-0.2, 0) is 4.79 Å². The number of halogens is 1. The molecule has 1 aliphatic rings. The summed E-state index contributed by atoms with van der Waals surface area (Å²) < 4.78 is 13.1. The Kier molecular flexibility index (Phi) is 3.75. The Morgan fingerprint density at radius 1 is 1.53 bits per heavy atom. The second-order valence-electron chi connectivity index (χ2n) is 5.90. The molecule has 104 valence electrons. The average Bonchev–Trinajstić information content (AvgIpc) is 2.63. The highest BCUT2D eigenvalue weighted by Crippen LogP contribution is 2.28. The van der Waals surface area contributed by atoms with Gasteiger partial charge in [-0.3, -0.25) is 9.69 Å². The lowest BCUT2D eigenvalue weighted by molar-refractivity contribution is -0.117. The van der Waals surface area contributed by atoms with E-state index in [2.05, 4.69) is 24.1 Å². The number of nitrogens with zero attached hydrogens (tertiary/aromatic N) is 1. The number of anilines is 2. The van der Waals surface area contributed by atoms with Crippen LogP contribution < -0.4 is 11.1 Å². The number of nitrogens with two attached hydrogens (primary N) is 1. The van der Waals surface area contributed by atoms with E-state index in [9.17, 15) is 9.18 Å². The number of carbonyl (C=O) groups is 1. The standard InChI is InChI=1S/C14H20FN3O/c1-14(2)5-6-18(9-14)8-13(19)17-12-7-10(15)3-4-11(12)16/h3-4,7H,5-6,8-9,16H2,1-2H3,(H,17,19). The van der Waals surface area contributed by atoms with E-state index in [1.807, 2.05) is 0 Å². The van der Waals surface area contributed by atoms with Crippen LogP contribution in [0.25, 0.3) is 0 Å². The Morgan fingerprint density at radius 3 is 2.89 bits per heavy atom. The number of hydrogen-bond acceptors (Lipinski definition) is 3. The first-order valence-corrected chi connectivity index (χ1v) is 6.43. The van der Waals surface area contributed by atoms with Gasteiger partial charge in [0.2, 0.25) is 5.91 Å². The summed E-state index contributed by atoms with van der Waals surface area (Å²) >= 11 is 0. The molecule has 1 heterocycles. The molecule has 1 amide bonds. The molecule has 0 aromatic heterocycles. The van der Waals surface area contributed by atoms with Gasteiger partial charge in [0.15, 0.2) is 0 Å². The molecule has 3 N–H and O–H groups in total. The predicted octanol–water partition coefficient (Wildman–Crippen LogP) is 2.08. The summed E-state index contributed by atoms with van der Waals surface area (Å²) in [5.74, 6) is -0.568. The molecule has 1 aromatic carbocycles.